The lowest BCUT2D eigenvalue weighted by Crippen LogP contribution is -2.67. The summed E-state index contributed by atoms with van der Waals surface area (Å²) in [5.41, 5.74) is 2.42. The minimum atomic E-state index is -0.442. The molecule has 1 aliphatic heterocycles. The van der Waals surface area contributed by atoms with Crippen molar-refractivity contribution in [3.63, 3.8) is 0 Å². The molecule has 1 saturated heterocycles. The number of nitrogens with zero attached hydrogens (tertiary/aromatic N) is 1. The first kappa shape index (κ1) is 17.8. The summed E-state index contributed by atoms with van der Waals surface area (Å²) in [6, 6.07) is 8.94. The molecule has 5 aliphatic carbocycles. The van der Waals surface area contributed by atoms with Crippen LogP contribution in [0.4, 0.5) is 4.79 Å². The molecule has 4 saturated carbocycles. The van der Waals surface area contributed by atoms with E-state index >= 15 is 0 Å². The monoisotopic (exact) mass is 395 g/mol. The quantitative estimate of drug-likeness (QED) is 0.727. The van der Waals surface area contributed by atoms with Gasteiger partial charge in [-0.15, -0.1) is 0 Å². The molecule has 1 spiro atoms. The Balaban J connectivity index is 1.24. The molecule has 1 aromatic rings. The summed E-state index contributed by atoms with van der Waals surface area (Å²) in [6.45, 7) is 0.349. The highest BCUT2D eigenvalue weighted by molar-refractivity contribution is 5.79. The second kappa shape index (κ2) is 5.97. The third-order valence-corrected chi connectivity index (χ3v) is 8.41. The molecule has 5 fully saturated rings. The fourth-order valence-corrected chi connectivity index (χ4v) is 7.87. The largest absolute Gasteiger partial charge is 0.387 e. The molecule has 6 nitrogen and oxygen atoms in total. The van der Waals surface area contributed by atoms with Crippen molar-refractivity contribution < 1.29 is 14.7 Å². The number of hydrogen-bond donors (Lipinski definition) is 3. The van der Waals surface area contributed by atoms with Gasteiger partial charge in [0.25, 0.3) is 0 Å². The van der Waals surface area contributed by atoms with E-state index in [4.69, 9.17) is 0 Å². The van der Waals surface area contributed by atoms with Crippen molar-refractivity contribution in [1.29, 1.82) is 0 Å². The van der Waals surface area contributed by atoms with E-state index < -0.39 is 6.61 Å². The van der Waals surface area contributed by atoms with Gasteiger partial charge in [-0.25, -0.2) is 4.79 Å². The van der Waals surface area contributed by atoms with E-state index in [1.807, 2.05) is 0 Å². The molecule has 154 valence electrons. The van der Waals surface area contributed by atoms with Crippen LogP contribution in [0.1, 0.15) is 43.2 Å². The smallest absolute Gasteiger partial charge is 0.318 e. The van der Waals surface area contributed by atoms with Gasteiger partial charge in [0.05, 0.1) is 5.54 Å². The normalized spacial score (nSPS) is 38.4. The van der Waals surface area contributed by atoms with Crippen molar-refractivity contribution in [3.8, 4) is 0 Å². The fraction of sp³-hybridized carbons (Fsp3) is 0.652. The summed E-state index contributed by atoms with van der Waals surface area (Å²) in [5, 5.41) is 15.7. The highest BCUT2D eigenvalue weighted by Gasteiger charge is 2.60. The second-order valence-electron chi connectivity index (χ2n) is 10.4. The number of hydrogen-bond acceptors (Lipinski definition) is 3. The lowest BCUT2D eigenvalue weighted by Gasteiger charge is -2.61. The summed E-state index contributed by atoms with van der Waals surface area (Å²) in [7, 11) is 0. The number of carbonyl (C=O) groups excluding carboxylic acids is 2. The highest BCUT2D eigenvalue weighted by Crippen LogP contribution is 2.57. The molecular formula is C23H29N3O3. The van der Waals surface area contributed by atoms with E-state index in [-0.39, 0.29) is 29.1 Å². The molecule has 4 bridgehead atoms. The Labute approximate surface area is 171 Å². The molecule has 6 aliphatic rings. The van der Waals surface area contributed by atoms with E-state index in [0.717, 1.165) is 51.5 Å². The number of aliphatic hydroxyl groups excluding tert-OH is 1. The van der Waals surface area contributed by atoms with Crippen molar-refractivity contribution in [1.82, 2.24) is 15.5 Å². The van der Waals surface area contributed by atoms with Gasteiger partial charge in [-0.1, -0.05) is 24.3 Å². The molecule has 2 unspecified atom stereocenters. The predicted molar refractivity (Wildman–Crippen MR) is 107 cm³/mol. The Morgan fingerprint density at radius 2 is 1.79 bits per heavy atom. The van der Waals surface area contributed by atoms with E-state index in [9.17, 15) is 14.7 Å². The zero-order valence-corrected chi connectivity index (χ0v) is 16.7. The van der Waals surface area contributed by atoms with Crippen molar-refractivity contribution in [3.05, 3.63) is 35.4 Å². The average Bonchev–Trinajstić information content (AvgIpc) is 3.18. The maximum absolute atomic E-state index is 13.1. The van der Waals surface area contributed by atoms with Crippen LogP contribution in [0, 0.1) is 17.8 Å². The Hall–Kier alpha value is -2.08. The van der Waals surface area contributed by atoms with Crippen LogP contribution >= 0.6 is 0 Å². The van der Waals surface area contributed by atoms with Crippen LogP contribution in [0.15, 0.2) is 24.3 Å². The van der Waals surface area contributed by atoms with Gasteiger partial charge in [0, 0.05) is 18.1 Å². The first-order valence-corrected chi connectivity index (χ1v) is 11.1. The SMILES string of the molecule is O=C(CO)NC12CC3CC(C1)C(N1CC4(Cc5ccccc5C4)NC1=O)C(C3)C2. The maximum Gasteiger partial charge on any atom is 0.318 e. The topological polar surface area (TPSA) is 81.7 Å². The fourth-order valence-electron chi connectivity index (χ4n) is 7.87. The number of amides is 3. The average molecular weight is 396 g/mol. The zero-order valence-electron chi connectivity index (χ0n) is 16.7. The lowest BCUT2D eigenvalue weighted by atomic mass is 9.50. The lowest BCUT2D eigenvalue weighted by molar-refractivity contribution is -0.132. The molecule has 2 atom stereocenters. The molecule has 1 heterocycles. The second-order valence-corrected chi connectivity index (χ2v) is 10.4. The summed E-state index contributed by atoms with van der Waals surface area (Å²) < 4.78 is 0. The van der Waals surface area contributed by atoms with Crippen molar-refractivity contribution in [2.75, 3.05) is 13.2 Å². The van der Waals surface area contributed by atoms with Crippen LogP contribution in [0.5, 0.6) is 0 Å². The van der Waals surface area contributed by atoms with E-state index in [2.05, 4.69) is 39.8 Å². The minimum Gasteiger partial charge on any atom is -0.387 e. The Morgan fingerprint density at radius 3 is 2.41 bits per heavy atom. The number of rotatable bonds is 3. The molecule has 0 aromatic heterocycles. The standard InChI is InChI=1S/C23H29N3O3/c27-12-19(28)24-22-7-14-5-17(10-22)20(18(6-14)11-22)26-13-23(25-21(26)29)8-15-3-1-2-4-16(15)9-23/h1-4,14,17-18,20,27H,5-13H2,(H,24,28)(H,25,29). The number of fused-ring (bicyclic) bond motifs is 1. The molecule has 1 aromatic carbocycles. The first-order chi connectivity index (χ1) is 14.0. The molecule has 29 heavy (non-hydrogen) atoms. The van der Waals surface area contributed by atoms with Gasteiger partial charge in [0.2, 0.25) is 5.91 Å². The van der Waals surface area contributed by atoms with Gasteiger partial charge >= 0.3 is 6.03 Å². The maximum atomic E-state index is 13.1. The van der Waals surface area contributed by atoms with E-state index in [1.54, 1.807) is 0 Å². The van der Waals surface area contributed by atoms with E-state index in [0.29, 0.717) is 17.8 Å². The van der Waals surface area contributed by atoms with Crippen LogP contribution < -0.4 is 10.6 Å². The molecule has 0 radical (unpaired) electrons. The summed E-state index contributed by atoms with van der Waals surface area (Å²) in [5.74, 6) is 1.28. The van der Waals surface area contributed by atoms with Gasteiger partial charge in [-0.05, 0) is 73.8 Å². The molecule has 6 heteroatoms. The van der Waals surface area contributed by atoms with Crippen LogP contribution in [0.3, 0.4) is 0 Å². The van der Waals surface area contributed by atoms with Gasteiger partial charge in [-0.2, -0.15) is 0 Å². The van der Waals surface area contributed by atoms with E-state index in [1.165, 1.54) is 11.1 Å². The number of nitrogens with one attached hydrogen (secondary N) is 2. The number of benzene rings is 1. The summed E-state index contributed by atoms with van der Waals surface area (Å²) >= 11 is 0. The number of urea groups is 1. The number of carbonyl (C=O) groups is 2. The molecule has 3 amide bonds. The molecular weight excluding hydrogens is 366 g/mol. The predicted octanol–water partition coefficient (Wildman–Crippen LogP) is 1.60. The van der Waals surface area contributed by atoms with Gasteiger partial charge < -0.3 is 20.6 Å². The summed E-state index contributed by atoms with van der Waals surface area (Å²) in [4.78, 5) is 27.2. The van der Waals surface area contributed by atoms with Crippen molar-refractivity contribution in [2.45, 2.75) is 62.1 Å². The van der Waals surface area contributed by atoms with Crippen molar-refractivity contribution >= 4 is 11.9 Å². The van der Waals surface area contributed by atoms with Crippen LogP contribution in [-0.2, 0) is 17.6 Å². The van der Waals surface area contributed by atoms with Crippen LogP contribution in [0.25, 0.3) is 0 Å². The van der Waals surface area contributed by atoms with Gasteiger partial charge in [0.1, 0.15) is 6.61 Å². The third-order valence-electron chi connectivity index (χ3n) is 8.41. The molecule has 7 rings (SSSR count). The molecule has 3 N–H and O–H groups in total. The van der Waals surface area contributed by atoms with Crippen LogP contribution in [0.2, 0.25) is 0 Å². The first-order valence-electron chi connectivity index (χ1n) is 11.1. The highest BCUT2D eigenvalue weighted by atomic mass is 16.3. The summed E-state index contributed by atoms with van der Waals surface area (Å²) in [6.07, 6.45) is 7.08. The van der Waals surface area contributed by atoms with Gasteiger partial charge in [-0.3, -0.25) is 4.79 Å². The Morgan fingerprint density at radius 1 is 1.14 bits per heavy atom. The number of aliphatic hydroxyl groups is 1. The Kier molecular flexibility index (Phi) is 3.65. The van der Waals surface area contributed by atoms with Crippen molar-refractivity contribution in [2.24, 2.45) is 17.8 Å². The van der Waals surface area contributed by atoms with Crippen LogP contribution in [-0.4, -0.2) is 52.2 Å². The van der Waals surface area contributed by atoms with Gasteiger partial charge in [0.15, 0.2) is 0 Å². The third kappa shape index (κ3) is 2.64. The zero-order chi connectivity index (χ0) is 19.8. The Bertz CT molecular complexity index is 843. The minimum absolute atomic E-state index is 0.101.